The summed E-state index contributed by atoms with van der Waals surface area (Å²) in [6, 6.07) is 21.2. The molecular formula is C27H24O4. The summed E-state index contributed by atoms with van der Waals surface area (Å²) in [6.07, 6.45) is 5.73. The largest absolute Gasteiger partial charge is 0.494 e. The molecule has 0 amide bonds. The van der Waals surface area contributed by atoms with Gasteiger partial charge < -0.3 is 14.2 Å². The molecule has 4 nitrogen and oxygen atoms in total. The Hall–Kier alpha value is -3.79. The summed E-state index contributed by atoms with van der Waals surface area (Å²) in [5, 5.41) is 0. The van der Waals surface area contributed by atoms with E-state index in [1.54, 1.807) is 12.1 Å². The van der Waals surface area contributed by atoms with Gasteiger partial charge in [-0.3, -0.25) is 4.79 Å². The van der Waals surface area contributed by atoms with Gasteiger partial charge in [-0.05, 0) is 61.4 Å². The first-order valence-electron chi connectivity index (χ1n) is 10.3. The smallest absolute Gasteiger partial charge is 0.231 e. The normalized spacial score (nSPS) is 14.0. The number of hydrogen-bond acceptors (Lipinski definition) is 4. The molecule has 0 radical (unpaired) electrons. The minimum Gasteiger partial charge on any atom is -0.494 e. The fourth-order valence-corrected chi connectivity index (χ4v) is 3.39. The number of fused-ring (bicyclic) bond motifs is 1. The lowest BCUT2D eigenvalue weighted by atomic mass is 10.1. The van der Waals surface area contributed by atoms with Gasteiger partial charge in [0.2, 0.25) is 5.78 Å². The zero-order valence-corrected chi connectivity index (χ0v) is 17.6. The van der Waals surface area contributed by atoms with E-state index in [1.807, 2.05) is 86.7 Å². The number of allylic oxidation sites excluding steroid dienone is 1. The van der Waals surface area contributed by atoms with Crippen molar-refractivity contribution in [2.45, 2.75) is 13.8 Å². The number of benzene rings is 3. The number of hydrogen-bond donors (Lipinski definition) is 0. The van der Waals surface area contributed by atoms with Crippen molar-refractivity contribution < 1.29 is 19.0 Å². The van der Waals surface area contributed by atoms with Gasteiger partial charge in [0.25, 0.3) is 0 Å². The third kappa shape index (κ3) is 4.69. The molecule has 0 fully saturated rings. The molecule has 3 aromatic rings. The van der Waals surface area contributed by atoms with Gasteiger partial charge in [-0.15, -0.1) is 0 Å². The van der Waals surface area contributed by atoms with E-state index >= 15 is 0 Å². The van der Waals surface area contributed by atoms with Crippen LogP contribution in [-0.4, -0.2) is 19.0 Å². The predicted molar refractivity (Wildman–Crippen MR) is 123 cm³/mol. The van der Waals surface area contributed by atoms with E-state index in [4.69, 9.17) is 14.2 Å². The van der Waals surface area contributed by atoms with E-state index in [1.165, 1.54) is 0 Å². The number of carbonyl (C=O) groups is 1. The molecule has 31 heavy (non-hydrogen) atoms. The van der Waals surface area contributed by atoms with Crippen molar-refractivity contribution in [3.8, 4) is 17.2 Å². The standard InChI is InChI=1S/C27H24O4/c1-3-29-22-13-11-21(12-14-22)18-25-26(28)23-15-16-24(19(2)27(23)31-25)30-17-7-10-20-8-5-4-6-9-20/h4-16,18H,3,17H2,1-2H3/b10-7+,25-18-. The van der Waals surface area contributed by atoms with Gasteiger partial charge in [0, 0.05) is 5.56 Å². The molecule has 0 spiro atoms. The van der Waals surface area contributed by atoms with Crippen LogP contribution in [0.4, 0.5) is 0 Å². The molecular weight excluding hydrogens is 388 g/mol. The Bertz CT molecular complexity index is 1130. The van der Waals surface area contributed by atoms with Crippen molar-refractivity contribution in [2.24, 2.45) is 0 Å². The Morgan fingerprint density at radius 1 is 0.903 bits per heavy atom. The highest BCUT2D eigenvalue weighted by molar-refractivity contribution is 6.14. The summed E-state index contributed by atoms with van der Waals surface area (Å²) in [5.41, 5.74) is 3.37. The molecule has 0 saturated heterocycles. The second kappa shape index (κ2) is 9.35. The molecule has 1 heterocycles. The van der Waals surface area contributed by atoms with E-state index < -0.39 is 0 Å². The molecule has 3 aromatic carbocycles. The van der Waals surface area contributed by atoms with Gasteiger partial charge in [-0.1, -0.05) is 48.5 Å². The lowest BCUT2D eigenvalue weighted by Gasteiger charge is -2.10. The third-order valence-electron chi connectivity index (χ3n) is 4.97. The number of rotatable bonds is 7. The maximum atomic E-state index is 12.8. The Balaban J connectivity index is 1.46. The lowest BCUT2D eigenvalue weighted by molar-refractivity contribution is 0.101. The minimum atomic E-state index is -0.123. The molecule has 156 valence electrons. The Morgan fingerprint density at radius 3 is 2.42 bits per heavy atom. The first-order chi connectivity index (χ1) is 15.2. The molecule has 0 atom stereocenters. The van der Waals surface area contributed by atoms with Crippen LogP contribution >= 0.6 is 0 Å². The monoisotopic (exact) mass is 412 g/mol. The van der Waals surface area contributed by atoms with Crippen LogP contribution in [0.1, 0.15) is 34.0 Å². The van der Waals surface area contributed by atoms with E-state index in [0.717, 1.165) is 22.4 Å². The number of carbonyl (C=O) groups excluding carboxylic acids is 1. The lowest BCUT2D eigenvalue weighted by Crippen LogP contribution is -1.98. The first kappa shape index (κ1) is 20.5. The molecule has 0 saturated carbocycles. The first-order valence-corrected chi connectivity index (χ1v) is 10.3. The van der Waals surface area contributed by atoms with Gasteiger partial charge >= 0.3 is 0 Å². The third-order valence-corrected chi connectivity index (χ3v) is 4.97. The van der Waals surface area contributed by atoms with Crippen LogP contribution < -0.4 is 14.2 Å². The summed E-state index contributed by atoms with van der Waals surface area (Å²) >= 11 is 0. The molecule has 1 aliphatic rings. The van der Waals surface area contributed by atoms with E-state index in [2.05, 4.69) is 0 Å². The second-order valence-electron chi connectivity index (χ2n) is 7.13. The van der Waals surface area contributed by atoms with Gasteiger partial charge in [0.15, 0.2) is 5.76 Å². The maximum Gasteiger partial charge on any atom is 0.231 e. The van der Waals surface area contributed by atoms with Crippen molar-refractivity contribution in [1.29, 1.82) is 0 Å². The van der Waals surface area contributed by atoms with Crippen molar-refractivity contribution in [3.05, 3.63) is 101 Å². The van der Waals surface area contributed by atoms with Crippen molar-refractivity contribution in [1.82, 2.24) is 0 Å². The van der Waals surface area contributed by atoms with Crippen LogP contribution in [0, 0.1) is 6.92 Å². The molecule has 0 aromatic heterocycles. The second-order valence-corrected chi connectivity index (χ2v) is 7.13. The molecule has 4 heteroatoms. The number of ether oxygens (including phenoxy) is 3. The molecule has 4 rings (SSSR count). The van der Waals surface area contributed by atoms with Crippen LogP contribution in [0.5, 0.6) is 17.2 Å². The summed E-state index contributed by atoms with van der Waals surface area (Å²) in [7, 11) is 0. The van der Waals surface area contributed by atoms with E-state index in [9.17, 15) is 4.79 Å². The highest BCUT2D eigenvalue weighted by atomic mass is 16.5. The van der Waals surface area contributed by atoms with E-state index in [-0.39, 0.29) is 5.78 Å². The van der Waals surface area contributed by atoms with Crippen molar-refractivity contribution in [2.75, 3.05) is 13.2 Å². The molecule has 0 aliphatic carbocycles. The minimum absolute atomic E-state index is 0.123. The average molecular weight is 412 g/mol. The van der Waals surface area contributed by atoms with Crippen molar-refractivity contribution >= 4 is 17.9 Å². The predicted octanol–water partition coefficient (Wildman–Crippen LogP) is 6.10. The summed E-state index contributed by atoms with van der Waals surface area (Å²) < 4.78 is 17.3. The Kier molecular flexibility index (Phi) is 6.18. The van der Waals surface area contributed by atoms with Crippen LogP contribution in [0.25, 0.3) is 12.2 Å². The Morgan fingerprint density at radius 2 is 1.68 bits per heavy atom. The zero-order valence-electron chi connectivity index (χ0n) is 17.6. The van der Waals surface area contributed by atoms with Crippen molar-refractivity contribution in [3.63, 3.8) is 0 Å². The maximum absolute atomic E-state index is 12.8. The molecule has 1 aliphatic heterocycles. The number of ketones is 1. The SMILES string of the molecule is CCOc1ccc(/C=C2\Oc3c(ccc(OC/C=C/c4ccccc4)c3C)C2=O)cc1. The quantitative estimate of drug-likeness (QED) is 0.440. The average Bonchev–Trinajstić information content (AvgIpc) is 3.11. The van der Waals surface area contributed by atoms with Gasteiger partial charge in [0.05, 0.1) is 12.2 Å². The van der Waals surface area contributed by atoms with Gasteiger partial charge in [-0.2, -0.15) is 0 Å². The van der Waals surface area contributed by atoms with Gasteiger partial charge in [-0.25, -0.2) is 0 Å². The summed E-state index contributed by atoms with van der Waals surface area (Å²) in [6.45, 7) is 4.89. The van der Waals surface area contributed by atoms with Crippen LogP contribution in [0.2, 0.25) is 0 Å². The fourth-order valence-electron chi connectivity index (χ4n) is 3.39. The summed E-state index contributed by atoms with van der Waals surface area (Å²) in [4.78, 5) is 12.8. The highest BCUT2D eigenvalue weighted by Gasteiger charge is 2.30. The highest BCUT2D eigenvalue weighted by Crippen LogP contribution is 2.39. The van der Waals surface area contributed by atoms with Crippen LogP contribution in [-0.2, 0) is 0 Å². The number of Topliss-reactive ketones (excluding diaryl/α,β-unsaturated/α-hetero) is 1. The molecule has 0 bridgehead atoms. The zero-order chi connectivity index (χ0) is 21.6. The fraction of sp³-hybridized carbons (Fsp3) is 0.148. The summed E-state index contributed by atoms with van der Waals surface area (Å²) in [5.74, 6) is 2.25. The van der Waals surface area contributed by atoms with Crippen LogP contribution in [0.15, 0.2) is 78.6 Å². The van der Waals surface area contributed by atoms with Crippen LogP contribution in [0.3, 0.4) is 0 Å². The van der Waals surface area contributed by atoms with Gasteiger partial charge in [0.1, 0.15) is 23.9 Å². The molecule has 0 unspecified atom stereocenters. The van der Waals surface area contributed by atoms with E-state index in [0.29, 0.717) is 36.0 Å². The topological polar surface area (TPSA) is 44.8 Å². The molecule has 0 N–H and O–H groups in total. The Labute approximate surface area is 182 Å².